The summed E-state index contributed by atoms with van der Waals surface area (Å²) in [6.07, 6.45) is 1.01. The van der Waals surface area contributed by atoms with E-state index in [0.29, 0.717) is 0 Å². The Bertz CT molecular complexity index is 490. The first kappa shape index (κ1) is 16.7. The molecule has 1 aliphatic rings. The second-order valence-electron chi connectivity index (χ2n) is 4.51. The summed E-state index contributed by atoms with van der Waals surface area (Å²) in [6.45, 7) is 2.01. The highest BCUT2D eigenvalue weighted by Crippen LogP contribution is 2.18. The van der Waals surface area contributed by atoms with Crippen LogP contribution in [0, 0.1) is 0 Å². The number of carbonyl (C=O) groups excluding carboxylic acids is 1. The predicted octanol–water partition coefficient (Wildman–Crippen LogP) is 0.984. The molecule has 1 amide bonds. The van der Waals surface area contributed by atoms with Gasteiger partial charge < -0.3 is 15.5 Å². The highest BCUT2D eigenvalue weighted by atomic mass is 127. The fraction of sp³-hybridized carbons (Fsp3) is 0.429. The first-order chi connectivity index (χ1) is 9.24. The van der Waals surface area contributed by atoms with Crippen molar-refractivity contribution in [3.63, 3.8) is 0 Å². The van der Waals surface area contributed by atoms with E-state index in [9.17, 15) is 4.79 Å². The molecule has 0 saturated carbocycles. The molecule has 1 aromatic rings. The number of aliphatic imine (C=N–C) groups is 1. The van der Waals surface area contributed by atoms with Crippen LogP contribution in [0.1, 0.15) is 11.1 Å². The van der Waals surface area contributed by atoms with E-state index in [0.717, 1.165) is 25.5 Å². The third-order valence-corrected chi connectivity index (χ3v) is 3.33. The maximum Gasteiger partial charge on any atom is 0.239 e. The fourth-order valence-electron chi connectivity index (χ4n) is 2.26. The maximum atomic E-state index is 11.3. The first-order valence-corrected chi connectivity index (χ1v) is 6.47. The van der Waals surface area contributed by atoms with Crippen molar-refractivity contribution in [2.24, 2.45) is 4.99 Å². The van der Waals surface area contributed by atoms with Gasteiger partial charge in [-0.1, -0.05) is 24.3 Å². The van der Waals surface area contributed by atoms with Gasteiger partial charge in [0.2, 0.25) is 5.91 Å². The van der Waals surface area contributed by atoms with E-state index in [1.54, 1.807) is 14.1 Å². The summed E-state index contributed by atoms with van der Waals surface area (Å²) in [4.78, 5) is 17.7. The van der Waals surface area contributed by atoms with Crippen LogP contribution in [-0.2, 0) is 17.8 Å². The lowest BCUT2D eigenvalue weighted by Crippen LogP contribution is -2.46. The maximum absolute atomic E-state index is 11.3. The summed E-state index contributed by atoms with van der Waals surface area (Å²) >= 11 is 0. The smallest absolute Gasteiger partial charge is 0.239 e. The molecular formula is C14H21IN4O. The zero-order valence-corrected chi connectivity index (χ0v) is 14.2. The van der Waals surface area contributed by atoms with E-state index in [2.05, 4.69) is 44.8 Å². The van der Waals surface area contributed by atoms with Crippen LogP contribution in [0.5, 0.6) is 0 Å². The van der Waals surface area contributed by atoms with Gasteiger partial charge in [-0.05, 0) is 17.5 Å². The molecular weight excluding hydrogens is 367 g/mol. The number of carbonyl (C=O) groups is 1. The highest BCUT2D eigenvalue weighted by molar-refractivity contribution is 14.0. The molecule has 1 aromatic carbocycles. The van der Waals surface area contributed by atoms with Crippen molar-refractivity contribution in [2.45, 2.75) is 13.0 Å². The average Bonchev–Trinajstić information content (AvgIpc) is 2.47. The first-order valence-electron chi connectivity index (χ1n) is 6.47. The summed E-state index contributed by atoms with van der Waals surface area (Å²) in [5.74, 6) is 0.733. The second-order valence-corrected chi connectivity index (χ2v) is 4.51. The number of likely N-dealkylation sites (N-methyl/N-ethyl adjacent to an activating group) is 1. The predicted molar refractivity (Wildman–Crippen MR) is 91.4 cm³/mol. The number of fused-ring (bicyclic) bond motifs is 1. The molecule has 1 heterocycles. The lowest BCUT2D eigenvalue weighted by Gasteiger charge is -2.31. The Balaban J connectivity index is 0.00000200. The molecule has 20 heavy (non-hydrogen) atoms. The van der Waals surface area contributed by atoms with Crippen LogP contribution in [0.15, 0.2) is 29.3 Å². The molecule has 0 spiro atoms. The minimum atomic E-state index is -0.0430. The third-order valence-electron chi connectivity index (χ3n) is 3.33. The van der Waals surface area contributed by atoms with Crippen LogP contribution < -0.4 is 10.6 Å². The van der Waals surface area contributed by atoms with Crippen molar-refractivity contribution < 1.29 is 4.79 Å². The molecule has 1 aliphatic heterocycles. The van der Waals surface area contributed by atoms with Gasteiger partial charge in [-0.2, -0.15) is 0 Å². The summed E-state index contributed by atoms with van der Waals surface area (Å²) in [5.41, 5.74) is 2.73. The topological polar surface area (TPSA) is 56.7 Å². The highest BCUT2D eigenvalue weighted by Gasteiger charge is 2.18. The zero-order valence-electron chi connectivity index (χ0n) is 11.8. The van der Waals surface area contributed by atoms with E-state index >= 15 is 0 Å². The SMILES string of the molecule is CN=C(NCC(=O)NC)N1CCc2ccccc2C1.I. The average molecular weight is 388 g/mol. The summed E-state index contributed by atoms with van der Waals surface area (Å²) < 4.78 is 0. The minimum Gasteiger partial charge on any atom is -0.358 e. The fourth-order valence-corrected chi connectivity index (χ4v) is 2.26. The molecule has 0 aromatic heterocycles. The van der Waals surface area contributed by atoms with Crippen molar-refractivity contribution in [2.75, 3.05) is 27.2 Å². The van der Waals surface area contributed by atoms with Crippen molar-refractivity contribution in [3.05, 3.63) is 35.4 Å². The number of amides is 1. The number of nitrogens with zero attached hydrogens (tertiary/aromatic N) is 2. The number of hydrogen-bond donors (Lipinski definition) is 2. The molecule has 0 fully saturated rings. The molecule has 5 nitrogen and oxygen atoms in total. The number of halogens is 1. The summed E-state index contributed by atoms with van der Waals surface area (Å²) in [7, 11) is 3.37. The Hall–Kier alpha value is -1.31. The summed E-state index contributed by atoms with van der Waals surface area (Å²) in [6, 6.07) is 8.46. The molecule has 6 heteroatoms. The molecule has 2 N–H and O–H groups in total. The molecule has 0 saturated heterocycles. The molecule has 2 rings (SSSR count). The number of rotatable bonds is 2. The minimum absolute atomic E-state index is 0. The van der Waals surface area contributed by atoms with Gasteiger partial charge in [0.15, 0.2) is 5.96 Å². The van der Waals surface area contributed by atoms with E-state index in [4.69, 9.17) is 0 Å². The lowest BCUT2D eigenvalue weighted by atomic mass is 10.0. The molecule has 0 atom stereocenters. The van der Waals surface area contributed by atoms with Crippen LogP contribution >= 0.6 is 24.0 Å². The number of benzene rings is 1. The van der Waals surface area contributed by atoms with Gasteiger partial charge >= 0.3 is 0 Å². The van der Waals surface area contributed by atoms with Gasteiger partial charge in [0.25, 0.3) is 0 Å². The zero-order chi connectivity index (χ0) is 13.7. The van der Waals surface area contributed by atoms with Gasteiger partial charge in [-0.15, -0.1) is 24.0 Å². The van der Waals surface area contributed by atoms with E-state index < -0.39 is 0 Å². The Morgan fingerprint density at radius 3 is 2.70 bits per heavy atom. The third kappa shape index (κ3) is 4.09. The van der Waals surface area contributed by atoms with Crippen molar-refractivity contribution in [1.82, 2.24) is 15.5 Å². The normalized spacial score (nSPS) is 14.1. The van der Waals surface area contributed by atoms with Gasteiger partial charge in [0.1, 0.15) is 0 Å². The van der Waals surface area contributed by atoms with Crippen LogP contribution in [0.4, 0.5) is 0 Å². The number of guanidine groups is 1. The standard InChI is InChI=1S/C14H20N4O.HI/c1-15-13(19)9-17-14(16-2)18-8-7-11-5-3-4-6-12(11)10-18;/h3-6H,7-10H2,1-2H3,(H,15,19)(H,16,17);1H. The van der Waals surface area contributed by atoms with Crippen LogP contribution in [0.25, 0.3) is 0 Å². The monoisotopic (exact) mass is 388 g/mol. The Labute approximate surface area is 136 Å². The molecule has 0 radical (unpaired) electrons. The van der Waals surface area contributed by atoms with E-state index in [-0.39, 0.29) is 36.4 Å². The largest absolute Gasteiger partial charge is 0.358 e. The Morgan fingerprint density at radius 2 is 2.05 bits per heavy atom. The van der Waals surface area contributed by atoms with Gasteiger partial charge in [-0.25, -0.2) is 0 Å². The van der Waals surface area contributed by atoms with Crippen molar-refractivity contribution >= 4 is 35.8 Å². The quantitative estimate of drug-likeness (QED) is 0.451. The Kier molecular flexibility index (Phi) is 6.77. The molecule has 0 unspecified atom stereocenters. The number of nitrogens with one attached hydrogen (secondary N) is 2. The van der Waals surface area contributed by atoms with Gasteiger partial charge in [0.05, 0.1) is 6.54 Å². The Morgan fingerprint density at radius 1 is 1.35 bits per heavy atom. The molecule has 110 valence electrons. The lowest BCUT2D eigenvalue weighted by molar-refractivity contribution is -0.119. The van der Waals surface area contributed by atoms with E-state index in [1.165, 1.54) is 11.1 Å². The van der Waals surface area contributed by atoms with Crippen LogP contribution in [0.3, 0.4) is 0 Å². The molecule has 0 bridgehead atoms. The van der Waals surface area contributed by atoms with E-state index in [1.807, 2.05) is 0 Å². The van der Waals surface area contributed by atoms with Crippen molar-refractivity contribution in [3.8, 4) is 0 Å². The molecule has 0 aliphatic carbocycles. The van der Waals surface area contributed by atoms with Crippen molar-refractivity contribution in [1.29, 1.82) is 0 Å². The summed E-state index contributed by atoms with van der Waals surface area (Å²) in [5, 5.41) is 5.67. The van der Waals surface area contributed by atoms with Gasteiger partial charge in [0, 0.05) is 27.2 Å². The van der Waals surface area contributed by atoms with Crippen LogP contribution in [-0.4, -0.2) is 44.0 Å². The second kappa shape index (κ2) is 8.08. The van der Waals surface area contributed by atoms with Crippen LogP contribution in [0.2, 0.25) is 0 Å². The van der Waals surface area contributed by atoms with Gasteiger partial charge in [-0.3, -0.25) is 9.79 Å². The number of hydrogen-bond acceptors (Lipinski definition) is 2.